The van der Waals surface area contributed by atoms with Crippen molar-refractivity contribution in [3.05, 3.63) is 51.3 Å². The lowest BCUT2D eigenvalue weighted by Crippen LogP contribution is -2.23. The van der Waals surface area contributed by atoms with Gasteiger partial charge in [-0.3, -0.25) is 4.68 Å². The minimum absolute atomic E-state index is 0.262. The Morgan fingerprint density at radius 2 is 2.14 bits per heavy atom. The lowest BCUT2D eigenvalue weighted by atomic mass is 9.79. The summed E-state index contributed by atoms with van der Waals surface area (Å²) in [5.74, 6) is 0.262. The fourth-order valence-electron chi connectivity index (χ4n) is 3.33. The predicted molar refractivity (Wildman–Crippen MR) is 87.3 cm³/mol. The predicted octanol–water partition coefficient (Wildman–Crippen LogP) is 3.81. The van der Waals surface area contributed by atoms with Crippen LogP contribution in [-0.2, 0) is 19.4 Å². The summed E-state index contributed by atoms with van der Waals surface area (Å²) < 4.78 is 3.14. The van der Waals surface area contributed by atoms with Gasteiger partial charge in [0.05, 0.1) is 22.0 Å². The molecule has 1 aromatic carbocycles. The number of aliphatic hydroxyl groups excluding tert-OH is 1. The first-order valence-electron chi connectivity index (χ1n) is 7.59. The Kier molecular flexibility index (Phi) is 4.18. The van der Waals surface area contributed by atoms with Gasteiger partial charge < -0.3 is 5.11 Å². The molecule has 21 heavy (non-hydrogen) atoms. The number of aryl methyl sites for hydroxylation is 3. The van der Waals surface area contributed by atoms with E-state index < -0.39 is 0 Å². The van der Waals surface area contributed by atoms with Crippen molar-refractivity contribution in [1.29, 1.82) is 0 Å². The Morgan fingerprint density at radius 1 is 1.38 bits per heavy atom. The van der Waals surface area contributed by atoms with Crippen molar-refractivity contribution in [2.45, 2.75) is 45.8 Å². The molecule has 3 nitrogen and oxygen atoms in total. The molecule has 0 saturated heterocycles. The maximum absolute atomic E-state index is 10.7. The highest BCUT2D eigenvalue weighted by molar-refractivity contribution is 9.10. The van der Waals surface area contributed by atoms with Crippen LogP contribution in [0.3, 0.4) is 0 Å². The fourth-order valence-corrected chi connectivity index (χ4v) is 3.77. The molecule has 2 unspecified atom stereocenters. The number of fused-ring (bicyclic) bond motifs is 1. The second kappa shape index (κ2) is 5.93. The molecule has 3 rings (SSSR count). The SMILES string of the molecule is CCn1nc(C)c(Br)c1CC1CCc2ccccc2C1O. The normalized spacial score (nSPS) is 21.3. The quantitative estimate of drug-likeness (QED) is 0.915. The first kappa shape index (κ1) is 14.8. The van der Waals surface area contributed by atoms with Crippen LogP contribution in [0.2, 0.25) is 0 Å². The molecule has 2 aromatic rings. The van der Waals surface area contributed by atoms with Crippen LogP contribution in [0, 0.1) is 12.8 Å². The average Bonchev–Trinajstić information content (AvgIpc) is 2.78. The minimum atomic E-state index is -0.373. The Balaban J connectivity index is 1.87. The van der Waals surface area contributed by atoms with Gasteiger partial charge in [-0.05, 0) is 66.1 Å². The van der Waals surface area contributed by atoms with Crippen LogP contribution in [0.25, 0.3) is 0 Å². The number of nitrogens with zero attached hydrogens (tertiary/aromatic N) is 2. The van der Waals surface area contributed by atoms with E-state index in [1.807, 2.05) is 17.7 Å². The van der Waals surface area contributed by atoms with Gasteiger partial charge in [-0.25, -0.2) is 0 Å². The fraction of sp³-hybridized carbons (Fsp3) is 0.471. The van der Waals surface area contributed by atoms with Crippen molar-refractivity contribution in [3.63, 3.8) is 0 Å². The Bertz CT molecular complexity index is 650. The highest BCUT2D eigenvalue weighted by atomic mass is 79.9. The van der Waals surface area contributed by atoms with Crippen molar-refractivity contribution in [2.24, 2.45) is 5.92 Å². The molecule has 4 heteroatoms. The lowest BCUT2D eigenvalue weighted by Gasteiger charge is -2.30. The van der Waals surface area contributed by atoms with E-state index in [1.54, 1.807) is 0 Å². The monoisotopic (exact) mass is 348 g/mol. The van der Waals surface area contributed by atoms with E-state index in [9.17, 15) is 5.11 Å². The molecular formula is C17H21BrN2O. The molecule has 0 amide bonds. The molecule has 0 spiro atoms. The van der Waals surface area contributed by atoms with Crippen molar-refractivity contribution >= 4 is 15.9 Å². The molecule has 0 aliphatic heterocycles. The summed E-state index contributed by atoms with van der Waals surface area (Å²) in [4.78, 5) is 0. The van der Waals surface area contributed by atoms with Gasteiger partial charge in [0, 0.05) is 6.54 Å². The Hall–Kier alpha value is -1.13. The zero-order valence-electron chi connectivity index (χ0n) is 12.5. The summed E-state index contributed by atoms with van der Waals surface area (Å²) in [6.07, 6.45) is 2.57. The first-order chi connectivity index (χ1) is 10.1. The topological polar surface area (TPSA) is 38.0 Å². The highest BCUT2D eigenvalue weighted by Crippen LogP contribution is 2.37. The number of halogens is 1. The molecule has 112 valence electrons. The zero-order valence-corrected chi connectivity index (χ0v) is 14.1. The zero-order chi connectivity index (χ0) is 15.0. The van der Waals surface area contributed by atoms with Crippen molar-refractivity contribution in [3.8, 4) is 0 Å². The summed E-state index contributed by atoms with van der Waals surface area (Å²) >= 11 is 3.66. The van der Waals surface area contributed by atoms with Crippen LogP contribution >= 0.6 is 15.9 Å². The molecule has 0 radical (unpaired) electrons. The van der Waals surface area contributed by atoms with Gasteiger partial charge in [-0.15, -0.1) is 0 Å². The number of aliphatic hydroxyl groups is 1. The molecule has 1 aliphatic carbocycles. The van der Waals surface area contributed by atoms with Crippen molar-refractivity contribution < 1.29 is 5.11 Å². The molecule has 1 aliphatic rings. The van der Waals surface area contributed by atoms with E-state index in [2.05, 4.69) is 46.2 Å². The van der Waals surface area contributed by atoms with Crippen molar-refractivity contribution in [1.82, 2.24) is 9.78 Å². The molecule has 0 fully saturated rings. The van der Waals surface area contributed by atoms with E-state index in [1.165, 1.54) is 11.3 Å². The molecule has 0 bridgehead atoms. The molecule has 1 N–H and O–H groups in total. The second-order valence-corrected chi connectivity index (χ2v) is 6.60. The molecule has 0 saturated carbocycles. The summed E-state index contributed by atoms with van der Waals surface area (Å²) in [6, 6.07) is 8.26. The van der Waals surface area contributed by atoms with Crippen LogP contribution in [0.5, 0.6) is 0 Å². The summed E-state index contributed by atoms with van der Waals surface area (Å²) in [6.45, 7) is 4.99. The van der Waals surface area contributed by atoms with Gasteiger partial charge in [-0.1, -0.05) is 24.3 Å². The molecular weight excluding hydrogens is 328 g/mol. The lowest BCUT2D eigenvalue weighted by molar-refractivity contribution is 0.0923. The molecule has 1 aromatic heterocycles. The number of rotatable bonds is 3. The van der Waals surface area contributed by atoms with Gasteiger partial charge >= 0.3 is 0 Å². The second-order valence-electron chi connectivity index (χ2n) is 5.81. The van der Waals surface area contributed by atoms with Crippen LogP contribution in [-0.4, -0.2) is 14.9 Å². The number of hydrogen-bond acceptors (Lipinski definition) is 2. The van der Waals surface area contributed by atoms with E-state index >= 15 is 0 Å². The van der Waals surface area contributed by atoms with Crippen LogP contribution in [0.1, 0.15) is 42.0 Å². The smallest absolute Gasteiger partial charge is 0.0824 e. The maximum Gasteiger partial charge on any atom is 0.0824 e. The minimum Gasteiger partial charge on any atom is -0.388 e. The number of benzene rings is 1. The summed E-state index contributed by atoms with van der Waals surface area (Å²) in [5.41, 5.74) is 4.63. The highest BCUT2D eigenvalue weighted by Gasteiger charge is 2.29. The summed E-state index contributed by atoms with van der Waals surface area (Å²) in [5, 5.41) is 15.3. The van der Waals surface area contributed by atoms with E-state index in [-0.39, 0.29) is 12.0 Å². The van der Waals surface area contributed by atoms with Gasteiger partial charge in [0.1, 0.15) is 0 Å². The third kappa shape index (κ3) is 2.67. The van der Waals surface area contributed by atoms with Crippen LogP contribution in [0.4, 0.5) is 0 Å². The average molecular weight is 349 g/mol. The molecule has 2 atom stereocenters. The van der Waals surface area contributed by atoms with Gasteiger partial charge in [0.15, 0.2) is 0 Å². The van der Waals surface area contributed by atoms with Crippen LogP contribution < -0.4 is 0 Å². The van der Waals surface area contributed by atoms with E-state index in [0.29, 0.717) is 0 Å². The van der Waals surface area contributed by atoms with Crippen molar-refractivity contribution in [2.75, 3.05) is 0 Å². The number of aromatic nitrogens is 2. The maximum atomic E-state index is 10.7. The van der Waals surface area contributed by atoms with Gasteiger partial charge in [0.25, 0.3) is 0 Å². The van der Waals surface area contributed by atoms with E-state index in [0.717, 1.165) is 41.5 Å². The van der Waals surface area contributed by atoms with Crippen LogP contribution in [0.15, 0.2) is 28.7 Å². The van der Waals surface area contributed by atoms with Gasteiger partial charge in [0.2, 0.25) is 0 Å². The standard InChI is InChI=1S/C17H21BrN2O/c1-3-20-15(16(18)11(2)19-20)10-13-9-8-12-6-4-5-7-14(12)17(13)21/h4-7,13,17,21H,3,8-10H2,1-2H3. The Labute approximate surface area is 134 Å². The first-order valence-corrected chi connectivity index (χ1v) is 8.38. The third-order valence-electron chi connectivity index (χ3n) is 4.51. The van der Waals surface area contributed by atoms with Gasteiger partial charge in [-0.2, -0.15) is 5.10 Å². The molecule has 1 heterocycles. The number of hydrogen-bond donors (Lipinski definition) is 1. The summed E-state index contributed by atoms with van der Waals surface area (Å²) in [7, 11) is 0. The van der Waals surface area contributed by atoms with E-state index in [4.69, 9.17) is 0 Å². The third-order valence-corrected chi connectivity index (χ3v) is 5.54. The Morgan fingerprint density at radius 3 is 2.90 bits per heavy atom. The largest absolute Gasteiger partial charge is 0.388 e.